The average Bonchev–Trinajstić information content (AvgIpc) is 2.98. The zero-order chi connectivity index (χ0) is 23.3. The van der Waals surface area contributed by atoms with Crippen molar-refractivity contribution in [3.05, 3.63) is 71.3 Å². The number of carbonyl (C=O) groups is 2. The van der Waals surface area contributed by atoms with Crippen molar-refractivity contribution in [3.63, 3.8) is 0 Å². The molecule has 0 fully saturated rings. The van der Waals surface area contributed by atoms with Gasteiger partial charge in [-0.2, -0.15) is 0 Å². The standard InChI is InChI=1S/C24H28N2O5S/c1-4-21-23(19-12-14-20(31-3)15-13-19)32(29,30)26(24(21)28)16-22(27)25-17(2)10-11-18-8-6-5-7-9-18/h5-9,12-15,17H,4,10-11,16H2,1-3H3,(H,25,27)/t17-/m1/s1. The molecule has 8 heteroatoms. The third-order valence-electron chi connectivity index (χ3n) is 5.42. The van der Waals surface area contributed by atoms with Crippen molar-refractivity contribution in [3.8, 4) is 5.75 Å². The second-order valence-electron chi connectivity index (χ2n) is 7.70. The number of amides is 2. The zero-order valence-electron chi connectivity index (χ0n) is 18.5. The van der Waals surface area contributed by atoms with Gasteiger partial charge in [0.2, 0.25) is 5.91 Å². The summed E-state index contributed by atoms with van der Waals surface area (Å²) in [4.78, 5) is 25.4. The van der Waals surface area contributed by atoms with Gasteiger partial charge in [-0.25, -0.2) is 12.7 Å². The van der Waals surface area contributed by atoms with Gasteiger partial charge in [0.25, 0.3) is 15.9 Å². The molecule has 2 amide bonds. The molecule has 170 valence electrons. The molecular weight excluding hydrogens is 428 g/mol. The first-order valence-electron chi connectivity index (χ1n) is 10.6. The van der Waals surface area contributed by atoms with E-state index in [1.807, 2.05) is 37.3 Å². The summed E-state index contributed by atoms with van der Waals surface area (Å²) in [6, 6.07) is 16.2. The van der Waals surface area contributed by atoms with Crippen molar-refractivity contribution in [1.29, 1.82) is 0 Å². The number of benzene rings is 2. The number of ether oxygens (including phenoxy) is 1. The maximum absolute atomic E-state index is 13.2. The predicted octanol–water partition coefficient (Wildman–Crippen LogP) is 3.13. The second-order valence-corrected chi connectivity index (χ2v) is 9.50. The zero-order valence-corrected chi connectivity index (χ0v) is 19.3. The lowest BCUT2D eigenvalue weighted by molar-refractivity contribution is -0.129. The van der Waals surface area contributed by atoms with E-state index < -0.39 is 28.4 Å². The Kier molecular flexibility index (Phi) is 7.35. The molecule has 1 aliphatic heterocycles. The van der Waals surface area contributed by atoms with Crippen LogP contribution in [0.3, 0.4) is 0 Å². The van der Waals surface area contributed by atoms with Crippen molar-refractivity contribution in [2.45, 2.75) is 39.2 Å². The summed E-state index contributed by atoms with van der Waals surface area (Å²) in [5, 5.41) is 2.81. The lowest BCUT2D eigenvalue weighted by atomic mass is 10.1. The fourth-order valence-electron chi connectivity index (χ4n) is 3.71. The van der Waals surface area contributed by atoms with E-state index in [1.165, 1.54) is 7.11 Å². The monoisotopic (exact) mass is 456 g/mol. The summed E-state index contributed by atoms with van der Waals surface area (Å²) in [5.74, 6) is -0.575. The smallest absolute Gasteiger partial charge is 0.268 e. The third-order valence-corrected chi connectivity index (χ3v) is 7.29. The molecule has 0 radical (unpaired) electrons. The molecule has 0 bridgehead atoms. The SMILES string of the molecule is CCC1=C(c2ccc(OC)cc2)S(=O)(=O)N(CC(=O)N[C@H](C)CCc2ccccc2)C1=O. The number of hydrogen-bond donors (Lipinski definition) is 1. The summed E-state index contributed by atoms with van der Waals surface area (Å²) in [6.45, 7) is 3.04. The van der Waals surface area contributed by atoms with E-state index in [-0.39, 0.29) is 22.9 Å². The van der Waals surface area contributed by atoms with Crippen LogP contribution in [-0.4, -0.2) is 44.2 Å². The van der Waals surface area contributed by atoms with Crippen molar-refractivity contribution in [2.75, 3.05) is 13.7 Å². The van der Waals surface area contributed by atoms with Gasteiger partial charge in [-0.15, -0.1) is 0 Å². The lowest BCUT2D eigenvalue weighted by Gasteiger charge is -2.19. The van der Waals surface area contributed by atoms with E-state index in [0.717, 1.165) is 12.0 Å². The summed E-state index contributed by atoms with van der Waals surface area (Å²) in [6.07, 6.45) is 1.73. The quantitative estimate of drug-likeness (QED) is 0.626. The Morgan fingerprint density at radius 3 is 2.34 bits per heavy atom. The number of sulfonamides is 1. The Morgan fingerprint density at radius 2 is 1.75 bits per heavy atom. The van der Waals surface area contributed by atoms with Crippen molar-refractivity contribution >= 4 is 26.7 Å². The average molecular weight is 457 g/mol. The van der Waals surface area contributed by atoms with Crippen LogP contribution in [0.5, 0.6) is 5.75 Å². The van der Waals surface area contributed by atoms with Gasteiger partial charge < -0.3 is 10.1 Å². The van der Waals surface area contributed by atoms with Crippen LogP contribution in [0.2, 0.25) is 0 Å². The van der Waals surface area contributed by atoms with Crippen LogP contribution in [-0.2, 0) is 26.0 Å². The van der Waals surface area contributed by atoms with Gasteiger partial charge in [0.1, 0.15) is 17.2 Å². The summed E-state index contributed by atoms with van der Waals surface area (Å²) in [7, 11) is -2.62. The van der Waals surface area contributed by atoms with Crippen LogP contribution in [0.15, 0.2) is 60.2 Å². The molecule has 1 heterocycles. The van der Waals surface area contributed by atoms with Crippen molar-refractivity contribution in [1.82, 2.24) is 9.62 Å². The molecular formula is C24H28N2O5S. The molecule has 2 aromatic rings. The van der Waals surface area contributed by atoms with E-state index in [4.69, 9.17) is 4.74 Å². The van der Waals surface area contributed by atoms with Crippen LogP contribution in [0, 0.1) is 0 Å². The highest BCUT2D eigenvalue weighted by Gasteiger charge is 2.44. The number of rotatable bonds is 9. The Bertz CT molecular complexity index is 1110. The fraction of sp³-hybridized carbons (Fsp3) is 0.333. The minimum absolute atomic E-state index is 0.0439. The van der Waals surface area contributed by atoms with E-state index in [2.05, 4.69) is 5.32 Å². The van der Waals surface area contributed by atoms with Crippen LogP contribution in [0.4, 0.5) is 0 Å². The molecule has 2 aromatic carbocycles. The minimum Gasteiger partial charge on any atom is -0.497 e. The number of nitrogens with one attached hydrogen (secondary N) is 1. The molecule has 0 unspecified atom stereocenters. The van der Waals surface area contributed by atoms with Gasteiger partial charge in [-0.3, -0.25) is 9.59 Å². The first-order chi connectivity index (χ1) is 15.3. The summed E-state index contributed by atoms with van der Waals surface area (Å²) >= 11 is 0. The number of aryl methyl sites for hydroxylation is 1. The minimum atomic E-state index is -4.14. The highest BCUT2D eigenvalue weighted by molar-refractivity contribution is 7.99. The van der Waals surface area contributed by atoms with Gasteiger partial charge in [0.15, 0.2) is 0 Å². The maximum Gasteiger partial charge on any atom is 0.268 e. The normalized spacial score (nSPS) is 16.2. The Balaban J connectivity index is 1.70. The summed E-state index contributed by atoms with van der Waals surface area (Å²) in [5.41, 5.74) is 1.74. The largest absolute Gasteiger partial charge is 0.497 e. The molecule has 1 atom stereocenters. The molecule has 0 saturated heterocycles. The Labute approximate surface area is 189 Å². The molecule has 0 saturated carbocycles. The van der Waals surface area contributed by atoms with Crippen molar-refractivity contribution < 1.29 is 22.7 Å². The lowest BCUT2D eigenvalue weighted by Crippen LogP contribution is -2.43. The van der Waals surface area contributed by atoms with Crippen LogP contribution < -0.4 is 10.1 Å². The second kappa shape index (κ2) is 9.99. The Morgan fingerprint density at radius 1 is 1.09 bits per heavy atom. The van der Waals surface area contributed by atoms with E-state index >= 15 is 0 Å². The van der Waals surface area contributed by atoms with E-state index in [0.29, 0.717) is 22.0 Å². The number of methoxy groups -OCH3 is 1. The molecule has 3 rings (SSSR count). The predicted molar refractivity (Wildman–Crippen MR) is 123 cm³/mol. The Hall–Kier alpha value is -3.13. The topological polar surface area (TPSA) is 92.8 Å². The van der Waals surface area contributed by atoms with E-state index in [1.54, 1.807) is 31.2 Å². The van der Waals surface area contributed by atoms with Crippen LogP contribution >= 0.6 is 0 Å². The molecule has 1 N–H and O–H groups in total. The van der Waals surface area contributed by atoms with Crippen molar-refractivity contribution in [2.24, 2.45) is 0 Å². The first kappa shape index (κ1) is 23.5. The molecule has 1 aliphatic rings. The van der Waals surface area contributed by atoms with Gasteiger partial charge in [0.05, 0.1) is 7.11 Å². The highest BCUT2D eigenvalue weighted by atomic mass is 32.2. The maximum atomic E-state index is 13.2. The fourth-order valence-corrected chi connectivity index (χ4v) is 5.52. The molecule has 0 spiro atoms. The molecule has 7 nitrogen and oxygen atoms in total. The van der Waals surface area contributed by atoms with Gasteiger partial charge >= 0.3 is 0 Å². The first-order valence-corrected chi connectivity index (χ1v) is 12.0. The number of nitrogens with zero attached hydrogens (tertiary/aromatic N) is 1. The summed E-state index contributed by atoms with van der Waals surface area (Å²) < 4.78 is 32.2. The molecule has 32 heavy (non-hydrogen) atoms. The van der Waals surface area contributed by atoms with Gasteiger partial charge in [-0.05, 0) is 61.6 Å². The number of hydrogen-bond acceptors (Lipinski definition) is 5. The molecule has 0 aromatic heterocycles. The highest BCUT2D eigenvalue weighted by Crippen LogP contribution is 2.37. The molecule has 0 aliphatic carbocycles. The third kappa shape index (κ3) is 5.02. The van der Waals surface area contributed by atoms with Crippen LogP contribution in [0.1, 0.15) is 37.8 Å². The van der Waals surface area contributed by atoms with E-state index in [9.17, 15) is 18.0 Å². The van der Waals surface area contributed by atoms with Gasteiger partial charge in [0, 0.05) is 11.6 Å². The number of carbonyl (C=O) groups excluding carboxylic acids is 2. The van der Waals surface area contributed by atoms with Crippen LogP contribution in [0.25, 0.3) is 4.91 Å². The van der Waals surface area contributed by atoms with Gasteiger partial charge in [-0.1, -0.05) is 37.3 Å².